The lowest BCUT2D eigenvalue weighted by Gasteiger charge is -2.14. The predicted octanol–water partition coefficient (Wildman–Crippen LogP) is 1.42. The molecule has 0 saturated carbocycles. The van der Waals surface area contributed by atoms with Gasteiger partial charge in [-0.2, -0.15) is 0 Å². The summed E-state index contributed by atoms with van der Waals surface area (Å²) >= 11 is 0. The number of methoxy groups -OCH3 is 1. The normalized spacial score (nSPS) is 12.4. The van der Waals surface area contributed by atoms with Crippen molar-refractivity contribution in [3.8, 4) is 5.75 Å². The van der Waals surface area contributed by atoms with E-state index in [9.17, 15) is 18.3 Å². The molecule has 0 unspecified atom stereocenters. The molecule has 1 atom stereocenters. The molecular formula is C19H20N4O5S. The number of benzene rings is 2. The number of esters is 1. The van der Waals surface area contributed by atoms with E-state index in [2.05, 4.69) is 15.0 Å². The Bertz CT molecular complexity index is 1070. The lowest BCUT2D eigenvalue weighted by atomic mass is 10.1. The van der Waals surface area contributed by atoms with Gasteiger partial charge < -0.3 is 9.84 Å². The highest BCUT2D eigenvalue weighted by Crippen LogP contribution is 2.18. The molecule has 0 amide bonds. The molecule has 0 radical (unpaired) electrons. The number of nitrogens with zero attached hydrogens (tertiary/aromatic N) is 3. The van der Waals surface area contributed by atoms with Gasteiger partial charge in [0.15, 0.2) is 6.04 Å². The Hall–Kier alpha value is -3.24. The first-order valence-corrected chi connectivity index (χ1v) is 10.2. The summed E-state index contributed by atoms with van der Waals surface area (Å²) in [5.74, 6) is -0.392. The van der Waals surface area contributed by atoms with Gasteiger partial charge in [-0.15, -0.1) is 5.10 Å². The third-order valence-electron chi connectivity index (χ3n) is 4.21. The van der Waals surface area contributed by atoms with Gasteiger partial charge in [-0.3, -0.25) is 0 Å². The average Bonchev–Trinajstić information content (AvgIpc) is 3.21. The molecule has 0 aliphatic carbocycles. The largest absolute Gasteiger partial charge is 0.508 e. The van der Waals surface area contributed by atoms with E-state index in [4.69, 9.17) is 4.74 Å². The smallest absolute Gasteiger partial charge is 0.331 e. The fourth-order valence-corrected chi connectivity index (χ4v) is 3.69. The molecule has 2 N–H and O–H groups in total. The van der Waals surface area contributed by atoms with Crippen LogP contribution in [0.15, 0.2) is 65.7 Å². The summed E-state index contributed by atoms with van der Waals surface area (Å²) in [5.41, 5.74) is 1.14. The molecule has 3 rings (SSSR count). The number of hydrogen-bond acceptors (Lipinski definition) is 7. The van der Waals surface area contributed by atoms with Crippen LogP contribution in [0.1, 0.15) is 17.3 Å². The van der Waals surface area contributed by atoms with E-state index in [-0.39, 0.29) is 23.6 Å². The van der Waals surface area contributed by atoms with Crippen LogP contribution < -0.4 is 4.72 Å². The SMILES string of the molecule is COC(=O)[C@H](Cc1ccc(O)cc1)n1cc(CNS(=O)(=O)c2ccccc2)nn1. The van der Waals surface area contributed by atoms with Crippen molar-refractivity contribution in [3.63, 3.8) is 0 Å². The molecule has 152 valence electrons. The Morgan fingerprint density at radius 3 is 2.52 bits per heavy atom. The van der Waals surface area contributed by atoms with Crippen LogP contribution in [0, 0.1) is 0 Å². The first-order valence-electron chi connectivity index (χ1n) is 8.70. The van der Waals surface area contributed by atoms with Crippen molar-refractivity contribution in [3.05, 3.63) is 72.1 Å². The van der Waals surface area contributed by atoms with Crippen molar-refractivity contribution in [2.24, 2.45) is 0 Å². The molecule has 9 nitrogen and oxygen atoms in total. The Kier molecular flexibility index (Phi) is 6.25. The number of aromatic hydroxyl groups is 1. The van der Waals surface area contributed by atoms with E-state index >= 15 is 0 Å². The van der Waals surface area contributed by atoms with Crippen LogP contribution in [0.4, 0.5) is 0 Å². The van der Waals surface area contributed by atoms with Crippen molar-refractivity contribution in [1.82, 2.24) is 19.7 Å². The third-order valence-corrected chi connectivity index (χ3v) is 5.63. The quantitative estimate of drug-likeness (QED) is 0.532. The molecule has 3 aromatic rings. The number of aromatic nitrogens is 3. The van der Waals surface area contributed by atoms with Crippen LogP contribution in [0.3, 0.4) is 0 Å². The molecule has 29 heavy (non-hydrogen) atoms. The molecule has 0 fully saturated rings. The van der Waals surface area contributed by atoms with Gasteiger partial charge >= 0.3 is 5.97 Å². The van der Waals surface area contributed by atoms with Gasteiger partial charge in [0.2, 0.25) is 10.0 Å². The van der Waals surface area contributed by atoms with Crippen LogP contribution in [0.25, 0.3) is 0 Å². The molecule has 2 aromatic carbocycles. The lowest BCUT2D eigenvalue weighted by Crippen LogP contribution is -2.24. The number of carbonyl (C=O) groups is 1. The maximum absolute atomic E-state index is 12.3. The molecule has 1 aromatic heterocycles. The van der Waals surface area contributed by atoms with Crippen LogP contribution in [-0.2, 0) is 32.5 Å². The molecule has 0 aliphatic heterocycles. The molecule has 10 heteroatoms. The number of sulfonamides is 1. The standard InChI is InChI=1S/C19H20N4O5S/c1-28-19(25)18(11-14-7-9-16(24)10-8-14)23-13-15(21-22-23)12-20-29(26,27)17-5-3-2-4-6-17/h2-10,13,18,20,24H,11-12H2,1H3/t18-/m0/s1. The van der Waals surface area contributed by atoms with Gasteiger partial charge in [0.05, 0.1) is 30.4 Å². The maximum Gasteiger partial charge on any atom is 0.331 e. The van der Waals surface area contributed by atoms with Crippen molar-refractivity contribution in [2.75, 3.05) is 7.11 Å². The minimum absolute atomic E-state index is 0.0790. The summed E-state index contributed by atoms with van der Waals surface area (Å²) in [6, 6.07) is 13.6. The van der Waals surface area contributed by atoms with Crippen molar-refractivity contribution >= 4 is 16.0 Å². The molecular weight excluding hydrogens is 396 g/mol. The van der Waals surface area contributed by atoms with Crippen LogP contribution in [0.5, 0.6) is 5.75 Å². The van der Waals surface area contributed by atoms with E-state index in [1.165, 1.54) is 42.3 Å². The molecule has 0 aliphatic rings. The van der Waals surface area contributed by atoms with Crippen LogP contribution >= 0.6 is 0 Å². The summed E-state index contributed by atoms with van der Waals surface area (Å²) in [6.07, 6.45) is 1.76. The number of rotatable bonds is 8. The predicted molar refractivity (Wildman–Crippen MR) is 103 cm³/mol. The average molecular weight is 416 g/mol. The molecule has 0 saturated heterocycles. The third kappa shape index (κ3) is 5.18. The highest BCUT2D eigenvalue weighted by Gasteiger charge is 2.24. The minimum atomic E-state index is -3.69. The lowest BCUT2D eigenvalue weighted by molar-refractivity contribution is -0.144. The fraction of sp³-hybridized carbons (Fsp3) is 0.211. The second-order valence-electron chi connectivity index (χ2n) is 6.24. The fourth-order valence-electron chi connectivity index (χ4n) is 2.67. The summed E-state index contributed by atoms with van der Waals surface area (Å²) < 4.78 is 33.3. The number of phenols is 1. The second kappa shape index (κ2) is 8.84. The minimum Gasteiger partial charge on any atom is -0.508 e. The summed E-state index contributed by atoms with van der Waals surface area (Å²) in [7, 11) is -2.41. The number of ether oxygens (including phenoxy) is 1. The molecule has 0 spiro atoms. The van der Waals surface area contributed by atoms with Crippen molar-refractivity contribution in [2.45, 2.75) is 23.9 Å². The highest BCUT2D eigenvalue weighted by molar-refractivity contribution is 7.89. The number of phenolic OH excluding ortho intramolecular Hbond substituents is 1. The number of carbonyl (C=O) groups excluding carboxylic acids is 1. The summed E-state index contributed by atoms with van der Waals surface area (Å²) in [4.78, 5) is 12.4. The highest BCUT2D eigenvalue weighted by atomic mass is 32.2. The Labute approximate surface area is 168 Å². The monoisotopic (exact) mass is 416 g/mol. The Morgan fingerprint density at radius 2 is 1.86 bits per heavy atom. The Balaban J connectivity index is 1.73. The first-order chi connectivity index (χ1) is 13.9. The zero-order chi connectivity index (χ0) is 20.9. The Morgan fingerprint density at radius 1 is 1.17 bits per heavy atom. The van der Waals surface area contributed by atoms with Gasteiger partial charge in [0.25, 0.3) is 0 Å². The zero-order valence-electron chi connectivity index (χ0n) is 15.6. The number of nitrogens with one attached hydrogen (secondary N) is 1. The van der Waals surface area contributed by atoms with Gasteiger partial charge in [-0.25, -0.2) is 22.6 Å². The summed E-state index contributed by atoms with van der Waals surface area (Å²) in [5, 5.41) is 17.3. The van der Waals surface area contributed by atoms with E-state index in [0.717, 1.165) is 5.56 Å². The van der Waals surface area contributed by atoms with Crippen LogP contribution in [-0.4, -0.2) is 41.6 Å². The molecule has 1 heterocycles. The van der Waals surface area contributed by atoms with Gasteiger partial charge in [-0.1, -0.05) is 35.5 Å². The van der Waals surface area contributed by atoms with E-state index < -0.39 is 22.0 Å². The van der Waals surface area contributed by atoms with Crippen LogP contribution in [0.2, 0.25) is 0 Å². The zero-order valence-corrected chi connectivity index (χ0v) is 16.4. The van der Waals surface area contributed by atoms with E-state index in [1.807, 2.05) is 0 Å². The van der Waals surface area contributed by atoms with Gasteiger partial charge in [0, 0.05) is 6.42 Å². The van der Waals surface area contributed by atoms with E-state index in [0.29, 0.717) is 5.69 Å². The number of hydrogen-bond donors (Lipinski definition) is 2. The second-order valence-corrected chi connectivity index (χ2v) is 8.00. The molecule has 0 bridgehead atoms. The first kappa shape index (κ1) is 20.5. The maximum atomic E-state index is 12.3. The van der Waals surface area contributed by atoms with Crippen molar-refractivity contribution < 1.29 is 23.1 Å². The van der Waals surface area contributed by atoms with Gasteiger partial charge in [0.1, 0.15) is 5.75 Å². The van der Waals surface area contributed by atoms with Crippen molar-refractivity contribution in [1.29, 1.82) is 0 Å². The summed E-state index contributed by atoms with van der Waals surface area (Å²) in [6.45, 7) is -0.0790. The van der Waals surface area contributed by atoms with E-state index in [1.54, 1.807) is 30.3 Å². The topological polar surface area (TPSA) is 123 Å². The van der Waals surface area contributed by atoms with Gasteiger partial charge in [-0.05, 0) is 29.8 Å².